The highest BCUT2D eigenvalue weighted by Crippen LogP contribution is 2.47. The molecule has 140 valence electrons. The van der Waals surface area contributed by atoms with Gasteiger partial charge in [0.2, 0.25) is 0 Å². The van der Waals surface area contributed by atoms with Gasteiger partial charge in [-0.15, -0.1) is 0 Å². The summed E-state index contributed by atoms with van der Waals surface area (Å²) in [4.78, 5) is 6.27. The Morgan fingerprint density at radius 2 is 1.67 bits per heavy atom. The molecule has 2 heterocycles. The van der Waals surface area contributed by atoms with Crippen molar-refractivity contribution < 1.29 is 4.42 Å². The number of nitrogens with zero attached hydrogens (tertiary/aromatic N) is 1. The Kier molecular flexibility index (Phi) is 4.51. The standard InChI is InChI=1S/C24H27NOS/c1-16(2)12-18-14-21(25-15-24(18)27(3,4)5)17-10-11-23-20(13-17)19-8-6-7-9-22(19)26-23/h6-11,13-16H,12H2,1-5H3. The minimum atomic E-state index is -0.810. The van der Waals surface area contributed by atoms with Crippen LogP contribution in [-0.2, 0) is 6.42 Å². The monoisotopic (exact) mass is 377 g/mol. The van der Waals surface area contributed by atoms with E-state index in [9.17, 15) is 0 Å². The molecule has 0 aliphatic heterocycles. The summed E-state index contributed by atoms with van der Waals surface area (Å²) in [7, 11) is -0.810. The van der Waals surface area contributed by atoms with Crippen molar-refractivity contribution >= 4 is 32.0 Å². The Bertz CT molecular complexity index is 1120. The quantitative estimate of drug-likeness (QED) is 0.386. The molecular formula is C24H27NOS. The number of furan rings is 1. The van der Waals surface area contributed by atoms with Gasteiger partial charge >= 0.3 is 0 Å². The topological polar surface area (TPSA) is 26.0 Å². The molecule has 4 rings (SSSR count). The second-order valence-electron chi connectivity index (χ2n) is 8.42. The van der Waals surface area contributed by atoms with Crippen molar-refractivity contribution in [1.29, 1.82) is 0 Å². The van der Waals surface area contributed by atoms with Gasteiger partial charge in [0.1, 0.15) is 11.2 Å². The molecule has 0 bridgehead atoms. The zero-order valence-electron chi connectivity index (χ0n) is 16.7. The molecule has 0 unspecified atom stereocenters. The molecule has 0 N–H and O–H groups in total. The van der Waals surface area contributed by atoms with Crippen LogP contribution in [0.15, 0.2) is 64.0 Å². The first-order chi connectivity index (χ1) is 12.8. The van der Waals surface area contributed by atoms with Crippen LogP contribution in [0, 0.1) is 5.92 Å². The second kappa shape index (κ2) is 6.72. The normalized spacial score (nSPS) is 13.0. The van der Waals surface area contributed by atoms with Crippen LogP contribution in [-0.4, -0.2) is 23.8 Å². The molecule has 0 fully saturated rings. The van der Waals surface area contributed by atoms with Crippen molar-refractivity contribution in [2.24, 2.45) is 5.92 Å². The fourth-order valence-corrected chi connectivity index (χ4v) is 4.98. The lowest BCUT2D eigenvalue weighted by Crippen LogP contribution is -2.04. The van der Waals surface area contributed by atoms with Crippen molar-refractivity contribution in [2.45, 2.75) is 25.2 Å². The Morgan fingerprint density at radius 3 is 2.41 bits per heavy atom. The largest absolute Gasteiger partial charge is 0.456 e. The van der Waals surface area contributed by atoms with E-state index < -0.39 is 10.0 Å². The summed E-state index contributed by atoms with van der Waals surface area (Å²) in [5, 5.41) is 2.31. The summed E-state index contributed by atoms with van der Waals surface area (Å²) in [5.74, 6) is 0.626. The summed E-state index contributed by atoms with van der Waals surface area (Å²) in [5.41, 5.74) is 5.50. The Morgan fingerprint density at radius 1 is 0.926 bits per heavy atom. The maximum Gasteiger partial charge on any atom is 0.135 e. The molecule has 2 nitrogen and oxygen atoms in total. The number of rotatable bonds is 4. The lowest BCUT2D eigenvalue weighted by atomic mass is 10.0. The first-order valence-electron chi connectivity index (χ1n) is 9.42. The molecule has 0 radical (unpaired) electrons. The van der Waals surface area contributed by atoms with Crippen LogP contribution >= 0.6 is 10.0 Å². The van der Waals surface area contributed by atoms with E-state index in [-0.39, 0.29) is 0 Å². The van der Waals surface area contributed by atoms with E-state index >= 15 is 0 Å². The van der Waals surface area contributed by atoms with E-state index in [1.165, 1.54) is 10.5 Å². The third-order valence-electron chi connectivity index (χ3n) is 4.91. The SMILES string of the molecule is CC(C)Cc1cc(-c2ccc3oc4ccccc4c3c2)ncc1S(C)(C)C. The van der Waals surface area contributed by atoms with E-state index in [2.05, 4.69) is 75.2 Å². The lowest BCUT2D eigenvalue weighted by molar-refractivity contribution is 0.639. The van der Waals surface area contributed by atoms with Gasteiger partial charge in [0.05, 0.1) is 5.69 Å². The van der Waals surface area contributed by atoms with Crippen LogP contribution in [0.3, 0.4) is 0 Å². The van der Waals surface area contributed by atoms with Crippen molar-refractivity contribution in [3.63, 3.8) is 0 Å². The number of hydrogen-bond acceptors (Lipinski definition) is 2. The van der Waals surface area contributed by atoms with Crippen molar-refractivity contribution in [3.8, 4) is 11.3 Å². The molecule has 0 saturated heterocycles. The van der Waals surface area contributed by atoms with E-state index in [1.807, 2.05) is 12.1 Å². The van der Waals surface area contributed by atoms with E-state index in [4.69, 9.17) is 9.40 Å². The molecule has 0 aliphatic carbocycles. The summed E-state index contributed by atoms with van der Waals surface area (Å²) < 4.78 is 5.97. The minimum Gasteiger partial charge on any atom is -0.456 e. The lowest BCUT2D eigenvalue weighted by Gasteiger charge is -2.29. The molecular weight excluding hydrogens is 350 g/mol. The van der Waals surface area contributed by atoms with E-state index in [1.54, 1.807) is 0 Å². The van der Waals surface area contributed by atoms with Crippen LogP contribution < -0.4 is 0 Å². The van der Waals surface area contributed by atoms with E-state index in [0.29, 0.717) is 5.92 Å². The van der Waals surface area contributed by atoms with Crippen molar-refractivity contribution in [1.82, 2.24) is 4.98 Å². The Labute approximate surface area is 162 Å². The fraction of sp³-hybridized carbons (Fsp3) is 0.292. The highest BCUT2D eigenvalue weighted by Gasteiger charge is 2.17. The van der Waals surface area contributed by atoms with Gasteiger partial charge in [-0.3, -0.25) is 4.98 Å². The average Bonchev–Trinajstić information content (AvgIpc) is 2.98. The van der Waals surface area contributed by atoms with Gasteiger partial charge in [-0.2, -0.15) is 0 Å². The fourth-order valence-electron chi connectivity index (χ4n) is 3.68. The van der Waals surface area contributed by atoms with Crippen molar-refractivity contribution in [3.05, 3.63) is 60.3 Å². The van der Waals surface area contributed by atoms with Crippen LogP contribution in [0.2, 0.25) is 0 Å². The molecule has 2 aromatic carbocycles. The van der Waals surface area contributed by atoms with Crippen molar-refractivity contribution in [2.75, 3.05) is 18.8 Å². The van der Waals surface area contributed by atoms with Crippen LogP contribution in [0.1, 0.15) is 19.4 Å². The maximum atomic E-state index is 5.97. The van der Waals surface area contributed by atoms with Crippen LogP contribution in [0.25, 0.3) is 33.2 Å². The van der Waals surface area contributed by atoms with Gasteiger partial charge in [-0.05, 0) is 67.0 Å². The number of hydrogen-bond donors (Lipinski definition) is 0. The Hall–Kier alpha value is -2.26. The van der Waals surface area contributed by atoms with Gasteiger partial charge in [-0.25, -0.2) is 10.0 Å². The summed E-state index contributed by atoms with van der Waals surface area (Å²) in [6, 6.07) is 16.9. The number of pyridine rings is 1. The maximum absolute atomic E-state index is 5.97. The minimum absolute atomic E-state index is 0.626. The average molecular weight is 378 g/mol. The number of benzene rings is 2. The smallest absolute Gasteiger partial charge is 0.135 e. The molecule has 0 spiro atoms. The van der Waals surface area contributed by atoms with Crippen LogP contribution in [0.4, 0.5) is 0 Å². The van der Waals surface area contributed by atoms with Gasteiger partial charge < -0.3 is 4.42 Å². The summed E-state index contributed by atoms with van der Waals surface area (Å²) in [6.45, 7) is 4.57. The molecule has 27 heavy (non-hydrogen) atoms. The predicted molar refractivity (Wildman–Crippen MR) is 119 cm³/mol. The number of fused-ring (bicyclic) bond motifs is 3. The zero-order valence-corrected chi connectivity index (χ0v) is 17.6. The third kappa shape index (κ3) is 3.49. The first-order valence-corrected chi connectivity index (χ1v) is 12.3. The molecule has 4 aromatic rings. The van der Waals surface area contributed by atoms with Crippen LogP contribution in [0.5, 0.6) is 0 Å². The Balaban J connectivity index is 1.86. The van der Waals surface area contributed by atoms with Gasteiger partial charge in [-0.1, -0.05) is 32.0 Å². The molecule has 0 aliphatic rings. The molecule has 2 aromatic heterocycles. The zero-order chi connectivity index (χ0) is 19.2. The van der Waals surface area contributed by atoms with E-state index in [0.717, 1.165) is 39.6 Å². The number of para-hydroxylation sites is 1. The second-order valence-corrected chi connectivity index (χ2v) is 12.5. The van der Waals surface area contributed by atoms with Gasteiger partial charge in [0, 0.05) is 27.4 Å². The first kappa shape index (κ1) is 18.1. The molecule has 3 heteroatoms. The molecule has 0 saturated carbocycles. The predicted octanol–water partition coefficient (Wildman–Crippen LogP) is 6.90. The highest BCUT2D eigenvalue weighted by molar-refractivity contribution is 8.32. The molecule has 0 atom stereocenters. The summed E-state index contributed by atoms with van der Waals surface area (Å²) >= 11 is 0. The number of aromatic nitrogens is 1. The molecule has 0 amide bonds. The van der Waals surface area contributed by atoms with Gasteiger partial charge in [0.25, 0.3) is 0 Å². The highest BCUT2D eigenvalue weighted by atomic mass is 32.3. The summed E-state index contributed by atoms with van der Waals surface area (Å²) in [6.07, 6.45) is 10.2. The van der Waals surface area contributed by atoms with Gasteiger partial charge in [0.15, 0.2) is 0 Å². The third-order valence-corrected chi connectivity index (χ3v) is 6.60.